The summed E-state index contributed by atoms with van der Waals surface area (Å²) in [4.78, 5) is 32.7. The van der Waals surface area contributed by atoms with E-state index >= 15 is 0 Å². The Balaban J connectivity index is 1.38. The molecule has 0 saturated heterocycles. The Morgan fingerprint density at radius 3 is 2.46 bits per heavy atom. The molecule has 5 rings (SSSR count). The number of aromatic nitrogens is 2. The first-order valence-electron chi connectivity index (χ1n) is 11.3. The smallest absolute Gasteiger partial charge is 0.249 e. The van der Waals surface area contributed by atoms with E-state index in [0.29, 0.717) is 17.0 Å². The predicted octanol–water partition coefficient (Wildman–Crippen LogP) is 5.48. The molecule has 172 valence electrons. The van der Waals surface area contributed by atoms with E-state index in [0.717, 1.165) is 32.8 Å². The highest BCUT2D eigenvalue weighted by atomic mass is 16.2. The number of aromatic amines is 1. The molecule has 2 aromatic heterocycles. The van der Waals surface area contributed by atoms with Gasteiger partial charge in [0.05, 0.1) is 5.92 Å². The molecule has 5 aromatic rings. The van der Waals surface area contributed by atoms with Gasteiger partial charge in [0.25, 0.3) is 0 Å². The molecule has 0 aliphatic heterocycles. The van der Waals surface area contributed by atoms with E-state index in [9.17, 15) is 9.59 Å². The van der Waals surface area contributed by atoms with Crippen molar-refractivity contribution in [1.82, 2.24) is 9.97 Å². The first-order chi connectivity index (χ1) is 17.0. The molecule has 0 radical (unpaired) electrons. The predicted molar refractivity (Wildman–Crippen MR) is 141 cm³/mol. The van der Waals surface area contributed by atoms with E-state index in [2.05, 4.69) is 21.4 Å². The van der Waals surface area contributed by atoms with Crippen molar-refractivity contribution < 1.29 is 9.59 Å². The SMILES string of the molecule is CC(C(=O)Nc1ccc2c(/C=C(/C(N)=O)c3ccccc3)c[nH]c2n1)c1ccc2ccccc2c1. The van der Waals surface area contributed by atoms with Crippen LogP contribution in [0.4, 0.5) is 5.82 Å². The number of carbonyl (C=O) groups excluding carboxylic acids is 2. The summed E-state index contributed by atoms with van der Waals surface area (Å²) < 4.78 is 0. The number of benzene rings is 3. The fourth-order valence-corrected chi connectivity index (χ4v) is 4.15. The van der Waals surface area contributed by atoms with Gasteiger partial charge in [-0.1, -0.05) is 72.8 Å². The number of fused-ring (bicyclic) bond motifs is 2. The van der Waals surface area contributed by atoms with Gasteiger partial charge >= 0.3 is 0 Å². The zero-order valence-corrected chi connectivity index (χ0v) is 19.2. The zero-order valence-electron chi connectivity index (χ0n) is 19.2. The molecular weight excluding hydrogens is 436 g/mol. The van der Waals surface area contributed by atoms with Crippen molar-refractivity contribution in [3.8, 4) is 0 Å². The molecule has 0 saturated carbocycles. The quantitative estimate of drug-likeness (QED) is 0.292. The fourth-order valence-electron chi connectivity index (χ4n) is 4.15. The number of anilines is 1. The summed E-state index contributed by atoms with van der Waals surface area (Å²) in [6.07, 6.45) is 3.52. The minimum absolute atomic E-state index is 0.140. The van der Waals surface area contributed by atoms with Crippen molar-refractivity contribution in [2.45, 2.75) is 12.8 Å². The lowest BCUT2D eigenvalue weighted by Gasteiger charge is -2.13. The molecule has 6 heteroatoms. The highest BCUT2D eigenvalue weighted by Crippen LogP contribution is 2.26. The third kappa shape index (κ3) is 4.54. The minimum atomic E-state index is -0.509. The van der Waals surface area contributed by atoms with E-state index in [1.165, 1.54) is 0 Å². The number of pyridine rings is 1. The topological polar surface area (TPSA) is 101 Å². The Kier molecular flexibility index (Phi) is 5.85. The third-order valence-corrected chi connectivity index (χ3v) is 6.14. The molecule has 0 bridgehead atoms. The molecule has 2 heterocycles. The van der Waals surface area contributed by atoms with E-state index in [1.54, 1.807) is 18.3 Å². The summed E-state index contributed by atoms with van der Waals surface area (Å²) in [5.41, 5.74) is 9.11. The molecule has 1 unspecified atom stereocenters. The van der Waals surface area contributed by atoms with Crippen LogP contribution in [-0.2, 0) is 9.59 Å². The van der Waals surface area contributed by atoms with Crippen molar-refractivity contribution in [2.75, 3.05) is 5.32 Å². The molecule has 6 nitrogen and oxygen atoms in total. The molecular formula is C29H24N4O2. The number of rotatable bonds is 6. The van der Waals surface area contributed by atoms with Gasteiger partial charge in [-0.05, 0) is 47.0 Å². The average molecular weight is 461 g/mol. The maximum Gasteiger partial charge on any atom is 0.249 e. The van der Waals surface area contributed by atoms with Crippen LogP contribution in [-0.4, -0.2) is 21.8 Å². The number of H-pyrrole nitrogens is 1. The summed E-state index contributed by atoms with van der Waals surface area (Å²) in [6.45, 7) is 1.88. The second kappa shape index (κ2) is 9.27. The number of nitrogens with one attached hydrogen (secondary N) is 2. The van der Waals surface area contributed by atoms with Crippen LogP contribution in [0.2, 0.25) is 0 Å². The lowest BCUT2D eigenvalue weighted by molar-refractivity contribution is -0.117. The van der Waals surface area contributed by atoms with E-state index < -0.39 is 5.91 Å². The number of primary amides is 1. The van der Waals surface area contributed by atoms with Crippen molar-refractivity contribution in [3.05, 3.63) is 108 Å². The summed E-state index contributed by atoms with van der Waals surface area (Å²) in [7, 11) is 0. The van der Waals surface area contributed by atoms with Crippen LogP contribution in [0.25, 0.3) is 33.5 Å². The van der Waals surface area contributed by atoms with Gasteiger partial charge in [0.15, 0.2) is 0 Å². The Morgan fingerprint density at radius 2 is 1.69 bits per heavy atom. The summed E-state index contributed by atoms with van der Waals surface area (Å²) in [5.74, 6) is -0.544. The van der Waals surface area contributed by atoms with Crippen molar-refractivity contribution in [1.29, 1.82) is 0 Å². The second-order valence-corrected chi connectivity index (χ2v) is 8.44. The number of nitrogens with two attached hydrogens (primary N) is 1. The molecule has 3 aromatic carbocycles. The van der Waals surface area contributed by atoms with Crippen LogP contribution < -0.4 is 11.1 Å². The third-order valence-electron chi connectivity index (χ3n) is 6.14. The monoisotopic (exact) mass is 460 g/mol. The van der Waals surface area contributed by atoms with Gasteiger partial charge in [0, 0.05) is 22.7 Å². The van der Waals surface area contributed by atoms with Gasteiger partial charge in [0.2, 0.25) is 11.8 Å². The minimum Gasteiger partial charge on any atom is -0.366 e. The summed E-state index contributed by atoms with van der Waals surface area (Å²) in [5, 5.41) is 5.97. The number of nitrogens with zero attached hydrogens (tertiary/aromatic N) is 1. The molecule has 4 N–H and O–H groups in total. The largest absolute Gasteiger partial charge is 0.366 e. The second-order valence-electron chi connectivity index (χ2n) is 8.44. The Labute approximate surface area is 202 Å². The maximum atomic E-state index is 12.9. The average Bonchev–Trinajstić information content (AvgIpc) is 3.28. The van der Waals surface area contributed by atoms with Gasteiger partial charge in [0.1, 0.15) is 11.5 Å². The molecule has 0 fully saturated rings. The van der Waals surface area contributed by atoms with Crippen molar-refractivity contribution in [2.24, 2.45) is 5.73 Å². The Bertz CT molecular complexity index is 1580. The zero-order chi connectivity index (χ0) is 24.4. The molecule has 0 aliphatic rings. The molecule has 2 amide bonds. The van der Waals surface area contributed by atoms with Gasteiger partial charge in [-0.15, -0.1) is 0 Å². The summed E-state index contributed by atoms with van der Waals surface area (Å²) >= 11 is 0. The van der Waals surface area contributed by atoms with Crippen molar-refractivity contribution >= 4 is 51.1 Å². The van der Waals surface area contributed by atoms with Crippen LogP contribution in [0, 0.1) is 0 Å². The Hall–Kier alpha value is -4.71. The Morgan fingerprint density at radius 1 is 0.943 bits per heavy atom. The highest BCUT2D eigenvalue weighted by Gasteiger charge is 2.17. The van der Waals surface area contributed by atoms with E-state index in [4.69, 9.17) is 5.73 Å². The van der Waals surface area contributed by atoms with E-state index in [-0.39, 0.29) is 11.8 Å². The normalized spacial score (nSPS) is 12.5. The van der Waals surface area contributed by atoms with Crippen LogP contribution in [0.5, 0.6) is 0 Å². The maximum absolute atomic E-state index is 12.9. The fraction of sp³-hybridized carbons (Fsp3) is 0.0690. The van der Waals surface area contributed by atoms with Gasteiger partial charge < -0.3 is 16.0 Å². The van der Waals surface area contributed by atoms with Crippen LogP contribution >= 0.6 is 0 Å². The van der Waals surface area contributed by atoms with Gasteiger partial charge in [-0.25, -0.2) is 4.98 Å². The number of amides is 2. The molecule has 0 spiro atoms. The summed E-state index contributed by atoms with van der Waals surface area (Å²) in [6, 6.07) is 27.0. The lowest BCUT2D eigenvalue weighted by Crippen LogP contribution is -2.19. The highest BCUT2D eigenvalue weighted by molar-refractivity contribution is 6.24. The van der Waals surface area contributed by atoms with Crippen molar-refractivity contribution in [3.63, 3.8) is 0 Å². The molecule has 0 aliphatic carbocycles. The standard InChI is InChI=1S/C29H24N4O2/c1-18(21-12-11-19-7-5-6-10-22(19)15-21)29(35)33-26-14-13-24-23(17-31-28(24)32-26)16-25(27(30)34)20-8-3-2-4-9-20/h2-18H,1H3,(H2,30,34)(H2,31,32,33,35)/b25-16+. The van der Waals surface area contributed by atoms with Crippen LogP contribution in [0.15, 0.2) is 91.1 Å². The molecule has 1 atom stereocenters. The van der Waals surface area contributed by atoms with Crippen LogP contribution in [0.1, 0.15) is 29.5 Å². The number of carbonyl (C=O) groups is 2. The van der Waals surface area contributed by atoms with Crippen LogP contribution in [0.3, 0.4) is 0 Å². The number of hydrogen-bond acceptors (Lipinski definition) is 3. The molecule has 35 heavy (non-hydrogen) atoms. The number of hydrogen-bond donors (Lipinski definition) is 3. The van der Waals surface area contributed by atoms with Gasteiger partial charge in [-0.2, -0.15) is 0 Å². The first kappa shape index (κ1) is 22.1. The lowest BCUT2D eigenvalue weighted by atomic mass is 9.97. The first-order valence-corrected chi connectivity index (χ1v) is 11.3. The van der Waals surface area contributed by atoms with Gasteiger partial charge in [-0.3, -0.25) is 9.59 Å². The van der Waals surface area contributed by atoms with E-state index in [1.807, 2.05) is 79.7 Å².